The zero-order valence-corrected chi connectivity index (χ0v) is 14.5. The molecule has 0 heterocycles. The molecule has 5 nitrogen and oxygen atoms in total. The van der Waals surface area contributed by atoms with Crippen LogP contribution < -0.4 is 16.0 Å². The first-order chi connectivity index (χ1) is 12.6. The van der Waals surface area contributed by atoms with Gasteiger partial charge in [-0.15, -0.1) is 0 Å². The first-order valence-corrected chi connectivity index (χ1v) is 8.28. The SMILES string of the molecule is O=C(Nc1ccc(Cl)cc1)Nc1ccc(NC(=O)c2ccccc2)cc1. The van der Waals surface area contributed by atoms with E-state index in [1.165, 1.54) is 0 Å². The van der Waals surface area contributed by atoms with Gasteiger partial charge >= 0.3 is 6.03 Å². The van der Waals surface area contributed by atoms with Crippen molar-refractivity contribution in [2.45, 2.75) is 0 Å². The van der Waals surface area contributed by atoms with Gasteiger partial charge in [-0.3, -0.25) is 4.79 Å². The second-order valence-corrected chi connectivity index (χ2v) is 5.92. The van der Waals surface area contributed by atoms with Crippen LogP contribution in [0, 0.1) is 0 Å². The molecule has 3 rings (SSSR count). The Morgan fingerprint density at radius 2 is 1.08 bits per heavy atom. The number of urea groups is 1. The van der Waals surface area contributed by atoms with E-state index in [-0.39, 0.29) is 11.9 Å². The Balaban J connectivity index is 1.56. The van der Waals surface area contributed by atoms with Gasteiger partial charge in [-0.05, 0) is 60.7 Å². The van der Waals surface area contributed by atoms with E-state index in [1.54, 1.807) is 72.8 Å². The minimum Gasteiger partial charge on any atom is -0.322 e. The molecule has 0 aliphatic rings. The molecular formula is C20H16ClN3O2. The number of nitrogens with one attached hydrogen (secondary N) is 3. The monoisotopic (exact) mass is 365 g/mol. The van der Waals surface area contributed by atoms with Crippen molar-refractivity contribution >= 4 is 40.6 Å². The molecule has 0 radical (unpaired) electrons. The lowest BCUT2D eigenvalue weighted by Crippen LogP contribution is -2.19. The average molecular weight is 366 g/mol. The van der Waals surface area contributed by atoms with Crippen molar-refractivity contribution < 1.29 is 9.59 Å². The third-order valence-corrected chi connectivity index (χ3v) is 3.79. The molecule has 3 N–H and O–H groups in total. The smallest absolute Gasteiger partial charge is 0.322 e. The molecule has 0 atom stereocenters. The minimum atomic E-state index is -0.367. The van der Waals surface area contributed by atoms with E-state index in [0.29, 0.717) is 27.6 Å². The van der Waals surface area contributed by atoms with Crippen LogP contribution in [-0.2, 0) is 0 Å². The number of anilines is 3. The summed E-state index contributed by atoms with van der Waals surface area (Å²) in [6, 6.07) is 22.3. The highest BCUT2D eigenvalue weighted by atomic mass is 35.5. The maximum atomic E-state index is 12.1. The zero-order valence-electron chi connectivity index (χ0n) is 13.7. The van der Waals surface area contributed by atoms with Gasteiger partial charge in [-0.2, -0.15) is 0 Å². The molecule has 6 heteroatoms. The summed E-state index contributed by atoms with van der Waals surface area (Å²) in [7, 11) is 0. The maximum Gasteiger partial charge on any atom is 0.323 e. The molecule has 0 aromatic heterocycles. The third-order valence-electron chi connectivity index (χ3n) is 3.54. The fourth-order valence-electron chi connectivity index (χ4n) is 2.26. The Kier molecular flexibility index (Phi) is 5.51. The van der Waals surface area contributed by atoms with Crippen molar-refractivity contribution in [1.82, 2.24) is 0 Å². The van der Waals surface area contributed by atoms with Gasteiger partial charge in [0.15, 0.2) is 0 Å². The Hall–Kier alpha value is -3.31. The normalized spacial score (nSPS) is 10.0. The van der Waals surface area contributed by atoms with E-state index in [2.05, 4.69) is 16.0 Å². The summed E-state index contributed by atoms with van der Waals surface area (Å²) in [5.41, 5.74) is 2.47. The van der Waals surface area contributed by atoms with E-state index in [0.717, 1.165) is 0 Å². The molecule has 0 bridgehead atoms. The van der Waals surface area contributed by atoms with Crippen molar-refractivity contribution in [3.05, 3.63) is 89.4 Å². The van der Waals surface area contributed by atoms with Crippen LogP contribution in [0.1, 0.15) is 10.4 Å². The summed E-state index contributed by atoms with van der Waals surface area (Å²) in [6.45, 7) is 0. The molecule has 3 aromatic carbocycles. The lowest BCUT2D eigenvalue weighted by molar-refractivity contribution is 0.102. The highest BCUT2D eigenvalue weighted by Crippen LogP contribution is 2.16. The van der Waals surface area contributed by atoms with Gasteiger partial charge < -0.3 is 16.0 Å². The van der Waals surface area contributed by atoms with Gasteiger partial charge in [0.25, 0.3) is 5.91 Å². The van der Waals surface area contributed by atoms with E-state index in [9.17, 15) is 9.59 Å². The number of carbonyl (C=O) groups excluding carboxylic acids is 2. The summed E-state index contributed by atoms with van der Waals surface area (Å²) in [6.07, 6.45) is 0. The van der Waals surface area contributed by atoms with Gasteiger partial charge in [0.2, 0.25) is 0 Å². The predicted molar refractivity (Wildman–Crippen MR) is 105 cm³/mol. The van der Waals surface area contributed by atoms with Crippen LogP contribution in [0.2, 0.25) is 5.02 Å². The number of carbonyl (C=O) groups is 2. The number of rotatable bonds is 4. The summed E-state index contributed by atoms with van der Waals surface area (Å²) in [5.74, 6) is -0.188. The van der Waals surface area contributed by atoms with Gasteiger partial charge in [0.1, 0.15) is 0 Å². The summed E-state index contributed by atoms with van der Waals surface area (Å²) in [5, 5.41) is 8.83. The molecule has 0 aliphatic heterocycles. The molecule has 0 aliphatic carbocycles. The molecule has 0 unspecified atom stereocenters. The lowest BCUT2D eigenvalue weighted by Gasteiger charge is -2.09. The van der Waals surface area contributed by atoms with Gasteiger partial charge in [0.05, 0.1) is 0 Å². The van der Waals surface area contributed by atoms with Crippen LogP contribution >= 0.6 is 11.6 Å². The molecule has 130 valence electrons. The van der Waals surface area contributed by atoms with Crippen molar-refractivity contribution in [2.75, 3.05) is 16.0 Å². The van der Waals surface area contributed by atoms with Crippen molar-refractivity contribution in [2.24, 2.45) is 0 Å². The Morgan fingerprint density at radius 3 is 1.62 bits per heavy atom. The summed E-state index contributed by atoms with van der Waals surface area (Å²) < 4.78 is 0. The molecule has 0 fully saturated rings. The number of hydrogen-bond donors (Lipinski definition) is 3. The second kappa shape index (κ2) is 8.18. The molecule has 0 saturated carbocycles. The number of benzene rings is 3. The topological polar surface area (TPSA) is 70.2 Å². The van der Waals surface area contributed by atoms with E-state index in [4.69, 9.17) is 11.6 Å². The van der Waals surface area contributed by atoms with E-state index < -0.39 is 0 Å². The fraction of sp³-hybridized carbons (Fsp3) is 0. The molecule has 0 spiro atoms. The standard InChI is InChI=1S/C20H16ClN3O2/c21-15-6-8-17(9-7-15)23-20(26)24-18-12-10-16(11-13-18)22-19(25)14-4-2-1-3-5-14/h1-13H,(H,22,25)(H2,23,24,26). The van der Waals surface area contributed by atoms with Gasteiger partial charge in [-0.25, -0.2) is 4.79 Å². The third kappa shape index (κ3) is 4.84. The minimum absolute atomic E-state index is 0.188. The summed E-state index contributed by atoms with van der Waals surface area (Å²) >= 11 is 5.81. The predicted octanol–water partition coefficient (Wildman–Crippen LogP) is 5.24. The van der Waals surface area contributed by atoms with Crippen LogP contribution in [0.3, 0.4) is 0 Å². The van der Waals surface area contributed by atoms with Crippen LogP contribution in [0.25, 0.3) is 0 Å². The van der Waals surface area contributed by atoms with Gasteiger partial charge in [-0.1, -0.05) is 29.8 Å². The molecule has 0 saturated heterocycles. The average Bonchev–Trinajstić information content (AvgIpc) is 2.66. The quantitative estimate of drug-likeness (QED) is 0.592. The van der Waals surface area contributed by atoms with E-state index in [1.807, 2.05) is 6.07 Å². The number of hydrogen-bond acceptors (Lipinski definition) is 2. The number of amides is 3. The maximum absolute atomic E-state index is 12.1. The zero-order chi connectivity index (χ0) is 18.4. The first kappa shape index (κ1) is 17.5. The van der Waals surface area contributed by atoms with Crippen LogP contribution in [-0.4, -0.2) is 11.9 Å². The van der Waals surface area contributed by atoms with Crippen LogP contribution in [0.4, 0.5) is 21.9 Å². The molecule has 26 heavy (non-hydrogen) atoms. The molecule has 3 amide bonds. The molecule has 3 aromatic rings. The fourth-order valence-corrected chi connectivity index (χ4v) is 2.38. The molecular weight excluding hydrogens is 350 g/mol. The van der Waals surface area contributed by atoms with Gasteiger partial charge in [0, 0.05) is 27.6 Å². The van der Waals surface area contributed by atoms with E-state index >= 15 is 0 Å². The second-order valence-electron chi connectivity index (χ2n) is 5.48. The number of halogens is 1. The van der Waals surface area contributed by atoms with Crippen molar-refractivity contribution in [3.63, 3.8) is 0 Å². The van der Waals surface area contributed by atoms with Crippen LogP contribution in [0.5, 0.6) is 0 Å². The Morgan fingerprint density at radius 1 is 0.615 bits per heavy atom. The Labute approximate surface area is 156 Å². The lowest BCUT2D eigenvalue weighted by atomic mass is 10.2. The van der Waals surface area contributed by atoms with Crippen molar-refractivity contribution in [1.29, 1.82) is 0 Å². The van der Waals surface area contributed by atoms with Crippen molar-refractivity contribution in [3.8, 4) is 0 Å². The largest absolute Gasteiger partial charge is 0.323 e. The highest BCUT2D eigenvalue weighted by molar-refractivity contribution is 6.30. The summed E-state index contributed by atoms with van der Waals surface area (Å²) in [4.78, 5) is 24.1. The highest BCUT2D eigenvalue weighted by Gasteiger charge is 2.06. The first-order valence-electron chi connectivity index (χ1n) is 7.90. The Bertz CT molecular complexity index is 895. The van der Waals surface area contributed by atoms with Crippen LogP contribution in [0.15, 0.2) is 78.9 Å².